The van der Waals surface area contributed by atoms with Crippen LogP contribution in [0.5, 0.6) is 0 Å². The molecule has 0 radical (unpaired) electrons. The molecule has 2 atom stereocenters. The molecule has 2 amide bonds. The second-order valence-corrected chi connectivity index (χ2v) is 7.45. The van der Waals surface area contributed by atoms with Crippen LogP contribution in [0.2, 0.25) is 0 Å². The van der Waals surface area contributed by atoms with Crippen molar-refractivity contribution < 1.29 is 59.0 Å². The van der Waals surface area contributed by atoms with Gasteiger partial charge in [0.05, 0.1) is 18.3 Å². The van der Waals surface area contributed by atoms with Crippen molar-refractivity contribution >= 4 is 51.7 Å². The van der Waals surface area contributed by atoms with Crippen molar-refractivity contribution in [3.8, 4) is 0 Å². The minimum absolute atomic E-state index is 0. The molecule has 0 bridgehead atoms. The quantitative estimate of drug-likeness (QED) is 0.171. The predicted octanol–water partition coefficient (Wildman–Crippen LogP) is -5.52. The number of amides is 2. The van der Waals surface area contributed by atoms with E-state index in [1.165, 1.54) is 24.3 Å². The molecule has 0 aromatic carbocycles. The van der Waals surface area contributed by atoms with Gasteiger partial charge in [0.25, 0.3) is 11.8 Å². The van der Waals surface area contributed by atoms with Crippen LogP contribution in [0.15, 0.2) is 21.8 Å². The van der Waals surface area contributed by atoms with Gasteiger partial charge in [0.2, 0.25) is 0 Å². The molecule has 2 aliphatic rings. The van der Waals surface area contributed by atoms with Crippen molar-refractivity contribution in [1.82, 2.24) is 15.2 Å². The van der Waals surface area contributed by atoms with Crippen molar-refractivity contribution in [3.05, 3.63) is 22.3 Å². The van der Waals surface area contributed by atoms with Crippen LogP contribution in [0, 0.1) is 0 Å². The number of hydrogen-bond donors (Lipinski definition) is 3. The van der Waals surface area contributed by atoms with Gasteiger partial charge in [0.1, 0.15) is 24.2 Å². The van der Waals surface area contributed by atoms with E-state index >= 15 is 0 Å². The molecule has 1 fully saturated rings. The minimum atomic E-state index is -1.55. The van der Waals surface area contributed by atoms with E-state index in [-0.39, 0.29) is 63.1 Å². The Kier molecular flexibility index (Phi) is 7.47. The number of aromatic nitrogens is 1. The van der Waals surface area contributed by atoms with Gasteiger partial charge in [-0.2, -0.15) is 0 Å². The van der Waals surface area contributed by atoms with Gasteiger partial charge in [0.15, 0.2) is 10.8 Å². The Labute approximate surface area is 189 Å². The average Bonchev–Trinajstić information content (AvgIpc) is 3.08. The topological polar surface area (TPSA) is 170 Å². The number of nitrogens with one attached hydrogen (secondary N) is 1. The molecule has 144 valence electrons. The van der Waals surface area contributed by atoms with Crippen LogP contribution in [0.1, 0.15) is 5.69 Å². The fourth-order valence-electron chi connectivity index (χ4n) is 2.70. The van der Waals surface area contributed by atoms with Crippen molar-refractivity contribution in [2.24, 2.45) is 5.16 Å². The standard InChI is InChI=1S/C14H15N5O6S2.Na/c1-25-18-7(6-4-27-14(15)16-6)10(21)17-8-11(22)19-9(13(23)24)5(2-20)3-26-12(8)19;/h4,8,12,20H,2-3H2,1H3,(H2,15,16)(H,17,21)(H,23,24);/q;+1/p-1/b18-7-;/t8-,12-;/m1./s1. The summed E-state index contributed by atoms with van der Waals surface area (Å²) in [7, 11) is 1.25. The van der Waals surface area contributed by atoms with E-state index < -0.39 is 35.8 Å². The third-order valence-corrected chi connectivity index (χ3v) is 5.89. The molecule has 0 spiro atoms. The minimum Gasteiger partial charge on any atom is -0.543 e. The first-order valence-corrected chi connectivity index (χ1v) is 9.44. The predicted molar refractivity (Wildman–Crippen MR) is 94.2 cm³/mol. The first-order valence-electron chi connectivity index (χ1n) is 7.51. The second-order valence-electron chi connectivity index (χ2n) is 5.45. The van der Waals surface area contributed by atoms with Crippen LogP contribution in [0.25, 0.3) is 0 Å². The monoisotopic (exact) mass is 435 g/mol. The number of thioether (sulfide) groups is 1. The first-order chi connectivity index (χ1) is 12.9. The number of carboxylic acid groups (broad SMARTS) is 1. The number of nitrogens with zero attached hydrogens (tertiary/aromatic N) is 3. The van der Waals surface area contributed by atoms with Crippen LogP contribution >= 0.6 is 23.1 Å². The summed E-state index contributed by atoms with van der Waals surface area (Å²) < 4.78 is 0. The summed E-state index contributed by atoms with van der Waals surface area (Å²) in [6.07, 6.45) is 0. The Morgan fingerprint density at radius 2 is 2.29 bits per heavy atom. The summed E-state index contributed by atoms with van der Waals surface area (Å²) in [6, 6.07) is -0.963. The third-order valence-electron chi connectivity index (χ3n) is 3.88. The van der Waals surface area contributed by atoms with E-state index in [9.17, 15) is 24.6 Å². The maximum atomic E-state index is 12.5. The van der Waals surface area contributed by atoms with E-state index in [0.717, 1.165) is 16.2 Å². The summed E-state index contributed by atoms with van der Waals surface area (Å²) in [4.78, 5) is 45.9. The Bertz CT molecular complexity index is 872. The second kappa shape index (κ2) is 9.24. The van der Waals surface area contributed by atoms with E-state index in [4.69, 9.17) is 5.73 Å². The fraction of sp³-hybridized carbons (Fsp3) is 0.357. The number of oxime groups is 1. The zero-order chi connectivity index (χ0) is 19.7. The number of aliphatic hydroxyl groups excluding tert-OH is 1. The number of nitrogen functional groups attached to an aromatic ring is 1. The maximum Gasteiger partial charge on any atom is 1.00 e. The van der Waals surface area contributed by atoms with Crippen LogP contribution in [-0.4, -0.2) is 69.4 Å². The number of aliphatic hydroxyl groups is 1. The third kappa shape index (κ3) is 4.04. The average molecular weight is 435 g/mol. The molecule has 1 aromatic rings. The summed E-state index contributed by atoms with van der Waals surface area (Å²) in [6.45, 7) is -0.500. The molecular weight excluding hydrogens is 421 g/mol. The van der Waals surface area contributed by atoms with E-state index in [1.807, 2.05) is 0 Å². The normalized spacial score (nSPS) is 21.4. The van der Waals surface area contributed by atoms with Gasteiger partial charge in [-0.1, -0.05) is 5.16 Å². The van der Waals surface area contributed by atoms with Gasteiger partial charge in [-0.25, -0.2) is 4.98 Å². The van der Waals surface area contributed by atoms with E-state index in [2.05, 4.69) is 20.3 Å². The molecule has 0 aliphatic carbocycles. The number of carbonyl (C=O) groups excluding carboxylic acids is 3. The summed E-state index contributed by atoms with van der Waals surface area (Å²) >= 11 is 2.33. The van der Waals surface area contributed by atoms with Gasteiger partial charge in [-0.15, -0.1) is 23.1 Å². The van der Waals surface area contributed by atoms with Crippen LogP contribution in [0.3, 0.4) is 0 Å². The molecule has 11 nitrogen and oxygen atoms in total. The molecule has 1 saturated heterocycles. The largest absolute Gasteiger partial charge is 1.00 e. The maximum absolute atomic E-state index is 12.5. The molecular formula is C14H14N5NaO6S2. The number of hydrogen-bond acceptors (Lipinski definition) is 11. The molecule has 0 saturated carbocycles. The number of nitrogens with two attached hydrogens (primary N) is 1. The van der Waals surface area contributed by atoms with E-state index in [0.29, 0.717) is 0 Å². The Morgan fingerprint density at radius 1 is 1.57 bits per heavy atom. The van der Waals surface area contributed by atoms with Gasteiger partial charge in [0, 0.05) is 11.1 Å². The molecule has 4 N–H and O–H groups in total. The van der Waals surface area contributed by atoms with Crippen LogP contribution in [-0.2, 0) is 19.2 Å². The van der Waals surface area contributed by atoms with Gasteiger partial charge in [-0.3, -0.25) is 14.5 Å². The number of carbonyl (C=O) groups is 3. The van der Waals surface area contributed by atoms with Gasteiger partial charge in [-0.05, 0) is 5.57 Å². The number of fused-ring (bicyclic) bond motifs is 1. The zero-order valence-electron chi connectivity index (χ0n) is 14.9. The van der Waals surface area contributed by atoms with Gasteiger partial charge < -0.3 is 30.9 Å². The zero-order valence-corrected chi connectivity index (χ0v) is 18.5. The number of rotatable bonds is 6. The Morgan fingerprint density at radius 3 is 2.82 bits per heavy atom. The Balaban J connectivity index is 0.00000280. The fourth-order valence-corrected chi connectivity index (χ4v) is 4.58. The molecule has 14 heteroatoms. The van der Waals surface area contributed by atoms with Gasteiger partial charge >= 0.3 is 29.6 Å². The summed E-state index contributed by atoms with van der Waals surface area (Å²) in [5.74, 6) is -2.70. The van der Waals surface area contributed by atoms with Crippen molar-refractivity contribution in [3.63, 3.8) is 0 Å². The van der Waals surface area contributed by atoms with Crippen molar-refractivity contribution in [2.75, 3.05) is 25.2 Å². The first kappa shape index (κ1) is 22.6. The molecule has 3 rings (SSSR count). The Hall–Kier alpha value is -1.64. The number of aliphatic carboxylic acids is 1. The molecule has 3 heterocycles. The van der Waals surface area contributed by atoms with Crippen molar-refractivity contribution in [1.29, 1.82) is 0 Å². The smallest absolute Gasteiger partial charge is 0.543 e. The number of thiazole rings is 1. The number of β-lactam (4-membered cyclic amide) rings is 1. The molecule has 2 aliphatic heterocycles. The SMILES string of the molecule is CO/N=C(\C(=O)N[C@@H]1C(=O)N2C(C(=O)[O-])=C(CO)CS[C@H]12)c1csc(N)n1.[Na+]. The summed E-state index contributed by atoms with van der Waals surface area (Å²) in [5.41, 5.74) is 5.42. The van der Waals surface area contributed by atoms with Crippen molar-refractivity contribution in [2.45, 2.75) is 11.4 Å². The molecule has 0 unspecified atom stereocenters. The number of anilines is 1. The van der Waals surface area contributed by atoms with Crippen LogP contribution < -0.4 is 45.7 Å². The summed E-state index contributed by atoms with van der Waals surface area (Å²) in [5, 5.41) is 27.9. The van der Waals surface area contributed by atoms with E-state index in [1.54, 1.807) is 0 Å². The molecule has 28 heavy (non-hydrogen) atoms. The molecule has 1 aromatic heterocycles. The number of carboxylic acids is 1. The van der Waals surface area contributed by atoms with Crippen LogP contribution in [0.4, 0.5) is 5.13 Å².